The Bertz CT molecular complexity index is 1140. The molecule has 31 heavy (non-hydrogen) atoms. The summed E-state index contributed by atoms with van der Waals surface area (Å²) in [7, 11) is 0. The normalized spacial score (nSPS) is 17.6. The van der Waals surface area contributed by atoms with Crippen LogP contribution in [0.2, 0.25) is 14.0 Å². The second-order valence-corrected chi connectivity index (χ2v) is 10.7. The maximum atomic E-state index is 13.3. The summed E-state index contributed by atoms with van der Waals surface area (Å²) < 4.78 is 0.945. The molecule has 0 bridgehead atoms. The molecule has 1 atom stereocenters. The summed E-state index contributed by atoms with van der Waals surface area (Å²) in [4.78, 5) is 29.3. The van der Waals surface area contributed by atoms with E-state index in [0.29, 0.717) is 32.5 Å². The van der Waals surface area contributed by atoms with E-state index in [4.69, 9.17) is 41.4 Å². The lowest BCUT2D eigenvalue weighted by molar-refractivity contribution is 0.103. The first-order valence-corrected chi connectivity index (χ1v) is 12.1. The van der Waals surface area contributed by atoms with Crippen molar-refractivity contribution in [3.8, 4) is 0 Å². The van der Waals surface area contributed by atoms with E-state index in [-0.39, 0.29) is 17.4 Å². The second kappa shape index (κ2) is 9.68. The molecule has 5 nitrogen and oxygen atoms in total. The van der Waals surface area contributed by atoms with Crippen LogP contribution in [0.1, 0.15) is 26.5 Å². The van der Waals surface area contributed by atoms with Crippen molar-refractivity contribution in [1.29, 1.82) is 0 Å². The summed E-state index contributed by atoms with van der Waals surface area (Å²) in [6.07, 6.45) is 4.96. The van der Waals surface area contributed by atoms with E-state index in [1.165, 1.54) is 22.7 Å². The topological polar surface area (TPSA) is 50.5 Å². The van der Waals surface area contributed by atoms with Gasteiger partial charge in [0, 0.05) is 40.0 Å². The van der Waals surface area contributed by atoms with Crippen molar-refractivity contribution in [3.05, 3.63) is 88.7 Å². The van der Waals surface area contributed by atoms with Gasteiger partial charge in [0.15, 0.2) is 14.7 Å². The summed E-state index contributed by atoms with van der Waals surface area (Å²) in [5.41, 5.74) is 1.16. The summed E-state index contributed by atoms with van der Waals surface area (Å²) in [5, 5.41) is 0.332. The molecular weight excluding hydrogens is 495 g/mol. The van der Waals surface area contributed by atoms with Crippen LogP contribution in [-0.2, 0) is 13.0 Å². The van der Waals surface area contributed by atoms with Crippen LogP contribution in [0.3, 0.4) is 0 Å². The molecular formula is C21H15Cl3N4OS2. The standard InChI is InChI=1S/C21H15Cl3N4OS2/c1-25-17(19(29)15-4-2-3-5-16(15)22)18-12(8-13-9-26-20(23)30-13)6-7-28(18)11-14-10-27-21(24)31-14/h2-5,9-10,12H,6-8,11H2/b18-17+. The van der Waals surface area contributed by atoms with Crippen molar-refractivity contribution in [2.24, 2.45) is 5.92 Å². The number of Topliss-reactive ketones (excluding diaryl/α,β-unsaturated/α-hetero) is 1. The summed E-state index contributed by atoms with van der Waals surface area (Å²) in [5.74, 6) is -0.368. The van der Waals surface area contributed by atoms with Crippen molar-refractivity contribution in [2.75, 3.05) is 6.54 Å². The molecule has 1 saturated heterocycles. The predicted molar refractivity (Wildman–Crippen MR) is 126 cm³/mol. The van der Waals surface area contributed by atoms with E-state index >= 15 is 0 Å². The van der Waals surface area contributed by atoms with E-state index < -0.39 is 0 Å². The molecule has 158 valence electrons. The third-order valence-electron chi connectivity index (χ3n) is 5.01. The molecule has 0 amide bonds. The molecule has 3 heterocycles. The summed E-state index contributed by atoms with van der Waals surface area (Å²) in [6.45, 7) is 9.09. The first-order chi connectivity index (χ1) is 15.0. The van der Waals surface area contributed by atoms with Gasteiger partial charge in [-0.25, -0.2) is 14.8 Å². The molecule has 3 aromatic rings. The highest BCUT2D eigenvalue weighted by atomic mass is 35.5. The van der Waals surface area contributed by atoms with Crippen LogP contribution in [0, 0.1) is 12.5 Å². The average Bonchev–Trinajstić information content (AvgIpc) is 3.45. The van der Waals surface area contributed by atoms with Gasteiger partial charge in [0.25, 0.3) is 5.70 Å². The third kappa shape index (κ3) is 4.94. The van der Waals surface area contributed by atoms with Crippen LogP contribution < -0.4 is 0 Å². The van der Waals surface area contributed by atoms with Crippen LogP contribution >= 0.6 is 57.5 Å². The van der Waals surface area contributed by atoms with Crippen molar-refractivity contribution in [3.63, 3.8) is 0 Å². The number of allylic oxidation sites excluding steroid dienone is 2. The zero-order valence-electron chi connectivity index (χ0n) is 16.0. The average molecular weight is 510 g/mol. The highest BCUT2D eigenvalue weighted by molar-refractivity contribution is 7.16. The van der Waals surface area contributed by atoms with E-state index in [0.717, 1.165) is 28.4 Å². The second-order valence-electron chi connectivity index (χ2n) is 6.92. The van der Waals surface area contributed by atoms with Gasteiger partial charge in [-0.05, 0) is 24.8 Å². The van der Waals surface area contributed by atoms with Gasteiger partial charge in [0.1, 0.15) is 0 Å². The summed E-state index contributed by atoms with van der Waals surface area (Å²) >= 11 is 21.1. The Labute approximate surface area is 202 Å². The zero-order valence-corrected chi connectivity index (χ0v) is 19.9. The monoisotopic (exact) mass is 508 g/mol. The van der Waals surface area contributed by atoms with Gasteiger partial charge in [0.05, 0.1) is 18.1 Å². The van der Waals surface area contributed by atoms with Gasteiger partial charge in [-0.2, -0.15) is 0 Å². The molecule has 1 aliphatic heterocycles. The van der Waals surface area contributed by atoms with Crippen LogP contribution in [0.5, 0.6) is 0 Å². The number of halogens is 3. The zero-order chi connectivity index (χ0) is 22.0. The molecule has 0 radical (unpaired) electrons. The van der Waals surface area contributed by atoms with Crippen LogP contribution in [-0.4, -0.2) is 27.2 Å². The number of carbonyl (C=O) groups is 1. The van der Waals surface area contributed by atoms with Crippen LogP contribution in [0.4, 0.5) is 0 Å². The number of hydrogen-bond acceptors (Lipinski definition) is 6. The van der Waals surface area contributed by atoms with E-state index in [1.807, 2.05) is 0 Å². The SMILES string of the molecule is [C-]#[N+]/C(C(=O)c1ccccc1Cl)=C1\C(Cc2cnc(Cl)s2)CCN1Cc1cnc(Cl)s1. The first kappa shape index (κ1) is 22.3. The van der Waals surface area contributed by atoms with Crippen LogP contribution in [0.25, 0.3) is 4.85 Å². The number of ketones is 1. The van der Waals surface area contributed by atoms with E-state index in [9.17, 15) is 4.79 Å². The lowest BCUT2D eigenvalue weighted by Gasteiger charge is -2.23. The molecule has 1 unspecified atom stereocenters. The van der Waals surface area contributed by atoms with Gasteiger partial charge in [-0.1, -0.05) is 53.0 Å². The van der Waals surface area contributed by atoms with Gasteiger partial charge in [0.2, 0.25) is 0 Å². The molecule has 0 spiro atoms. The fraction of sp³-hybridized carbons (Fsp3) is 0.238. The van der Waals surface area contributed by atoms with Crippen LogP contribution in [0.15, 0.2) is 48.1 Å². The predicted octanol–water partition coefficient (Wildman–Crippen LogP) is 6.64. The highest BCUT2D eigenvalue weighted by Gasteiger charge is 2.34. The van der Waals surface area contributed by atoms with Crippen molar-refractivity contribution in [1.82, 2.24) is 14.9 Å². The minimum atomic E-state index is -0.364. The number of likely N-dealkylation sites (tertiary alicyclic amines) is 1. The maximum Gasteiger partial charge on any atom is 0.252 e. The fourth-order valence-corrected chi connectivity index (χ4v) is 5.97. The van der Waals surface area contributed by atoms with Gasteiger partial charge in [-0.15, -0.1) is 22.7 Å². The first-order valence-electron chi connectivity index (χ1n) is 9.32. The summed E-state index contributed by atoms with van der Waals surface area (Å²) in [6, 6.07) is 6.81. The minimum Gasteiger partial charge on any atom is -0.378 e. The largest absolute Gasteiger partial charge is 0.378 e. The number of hydrogen-bond donors (Lipinski definition) is 0. The molecule has 1 fully saturated rings. The Balaban J connectivity index is 1.74. The molecule has 0 aliphatic carbocycles. The number of carbonyl (C=O) groups excluding carboxylic acids is 1. The maximum absolute atomic E-state index is 13.3. The number of thiazole rings is 2. The molecule has 1 aromatic carbocycles. The van der Waals surface area contributed by atoms with Crippen molar-refractivity contribution < 1.29 is 4.79 Å². The van der Waals surface area contributed by atoms with Gasteiger partial charge >= 0.3 is 0 Å². The van der Waals surface area contributed by atoms with Crippen molar-refractivity contribution in [2.45, 2.75) is 19.4 Å². The van der Waals surface area contributed by atoms with Gasteiger partial charge < -0.3 is 9.69 Å². The highest BCUT2D eigenvalue weighted by Crippen LogP contribution is 2.38. The fourth-order valence-electron chi connectivity index (χ4n) is 3.70. The van der Waals surface area contributed by atoms with E-state index in [2.05, 4.69) is 19.7 Å². The smallest absolute Gasteiger partial charge is 0.252 e. The molecule has 2 aromatic heterocycles. The lowest BCUT2D eigenvalue weighted by atomic mass is 9.96. The van der Waals surface area contributed by atoms with E-state index in [1.54, 1.807) is 36.7 Å². The molecule has 0 saturated carbocycles. The Morgan fingerprint density at radius 1 is 1.13 bits per heavy atom. The number of aromatic nitrogens is 2. The quantitative estimate of drug-likeness (QED) is 0.212. The Morgan fingerprint density at radius 2 is 1.81 bits per heavy atom. The Morgan fingerprint density at radius 3 is 2.42 bits per heavy atom. The number of nitrogens with zero attached hydrogens (tertiary/aromatic N) is 4. The lowest BCUT2D eigenvalue weighted by Crippen LogP contribution is -2.22. The van der Waals surface area contributed by atoms with Crippen molar-refractivity contribution >= 4 is 63.3 Å². The molecule has 10 heteroatoms. The minimum absolute atomic E-state index is 0.00422. The number of rotatable bonds is 6. The number of benzene rings is 1. The Kier molecular flexibility index (Phi) is 6.95. The Hall–Kier alpha value is -1.95. The molecule has 4 rings (SSSR count). The molecule has 1 aliphatic rings. The molecule has 0 N–H and O–H groups in total. The third-order valence-corrected chi connectivity index (χ3v) is 7.57. The van der Waals surface area contributed by atoms with Gasteiger partial charge in [-0.3, -0.25) is 0 Å².